The number of aromatic nitrogens is 2. The third-order valence-electron chi connectivity index (χ3n) is 9.99. The topological polar surface area (TPSA) is 136 Å². The fourth-order valence-electron chi connectivity index (χ4n) is 7.55. The number of nitrogens with one attached hydrogen (secondary N) is 1. The quantitative estimate of drug-likeness (QED) is 0.378. The number of carbonyl (C=O) groups is 3. The van der Waals surface area contributed by atoms with Gasteiger partial charge in [0.05, 0.1) is 12.6 Å². The van der Waals surface area contributed by atoms with Crippen LogP contribution >= 0.6 is 0 Å². The van der Waals surface area contributed by atoms with Crippen molar-refractivity contribution in [2.75, 3.05) is 34.7 Å². The number of carbonyl (C=O) groups excluding carboxylic acids is 3. The SMILES string of the molecule is CCc1nnc(C2(C[C@@H](C)NCC(=O)N3C(C#N)C[C@@H]4C[C@@H]43)c3ccc(C(=O)N(C)C)cc3CCc3cc(C(=O)N(C)C)ccc32)o1. The predicted molar refractivity (Wildman–Crippen MR) is 175 cm³/mol. The molecule has 3 aliphatic rings. The molecule has 11 heteroatoms. The highest BCUT2D eigenvalue weighted by atomic mass is 16.4. The maximum Gasteiger partial charge on any atom is 0.253 e. The van der Waals surface area contributed by atoms with Crippen LogP contribution in [0.15, 0.2) is 40.8 Å². The molecule has 1 saturated heterocycles. The van der Waals surface area contributed by atoms with Gasteiger partial charge < -0.3 is 24.4 Å². The van der Waals surface area contributed by atoms with Gasteiger partial charge in [0.25, 0.3) is 11.8 Å². The Bertz CT molecular complexity index is 1680. The van der Waals surface area contributed by atoms with E-state index >= 15 is 0 Å². The Morgan fingerprint density at radius 2 is 1.60 bits per heavy atom. The Labute approximate surface area is 275 Å². The molecule has 3 aromatic rings. The van der Waals surface area contributed by atoms with Crippen molar-refractivity contribution in [2.45, 2.75) is 75.9 Å². The summed E-state index contributed by atoms with van der Waals surface area (Å²) >= 11 is 0. The van der Waals surface area contributed by atoms with Crippen LogP contribution in [0.25, 0.3) is 0 Å². The van der Waals surface area contributed by atoms with Gasteiger partial charge >= 0.3 is 0 Å². The number of amides is 3. The lowest BCUT2D eigenvalue weighted by Gasteiger charge is -2.36. The molecule has 0 radical (unpaired) electrons. The van der Waals surface area contributed by atoms with Crippen LogP contribution in [0.1, 0.15) is 87.9 Å². The average Bonchev–Trinajstić information content (AvgIpc) is 3.50. The monoisotopic (exact) mass is 637 g/mol. The number of piperidine rings is 1. The van der Waals surface area contributed by atoms with Gasteiger partial charge in [-0.2, -0.15) is 5.26 Å². The summed E-state index contributed by atoms with van der Waals surface area (Å²) < 4.78 is 6.42. The Morgan fingerprint density at radius 1 is 1.00 bits per heavy atom. The molecule has 6 rings (SSSR count). The third kappa shape index (κ3) is 5.80. The molecule has 1 N–H and O–H groups in total. The summed E-state index contributed by atoms with van der Waals surface area (Å²) in [6.07, 6.45) is 4.04. The van der Waals surface area contributed by atoms with Crippen LogP contribution < -0.4 is 5.32 Å². The van der Waals surface area contributed by atoms with Gasteiger partial charge in [0.2, 0.25) is 17.7 Å². The first-order valence-electron chi connectivity index (χ1n) is 16.5. The Hall–Kier alpha value is -4.56. The van der Waals surface area contributed by atoms with E-state index < -0.39 is 5.41 Å². The normalized spacial score (nSPS) is 21.0. The second kappa shape index (κ2) is 12.6. The lowest BCUT2D eigenvalue weighted by molar-refractivity contribution is -0.131. The average molecular weight is 638 g/mol. The first kappa shape index (κ1) is 32.4. The van der Waals surface area contributed by atoms with Crippen molar-refractivity contribution in [3.8, 4) is 6.07 Å². The molecule has 2 aliphatic carbocycles. The molecule has 1 saturated carbocycles. The van der Waals surface area contributed by atoms with Gasteiger partial charge in [0, 0.05) is 57.8 Å². The van der Waals surface area contributed by atoms with Crippen LogP contribution in [0.3, 0.4) is 0 Å². The van der Waals surface area contributed by atoms with Crippen molar-refractivity contribution in [3.05, 3.63) is 81.6 Å². The van der Waals surface area contributed by atoms with Crippen molar-refractivity contribution in [1.82, 2.24) is 30.2 Å². The van der Waals surface area contributed by atoms with E-state index in [1.165, 1.54) is 0 Å². The minimum atomic E-state index is -0.944. The van der Waals surface area contributed by atoms with Gasteiger partial charge in [-0.05, 0) is 91.5 Å². The van der Waals surface area contributed by atoms with Gasteiger partial charge in [-0.3, -0.25) is 14.4 Å². The highest BCUT2D eigenvalue weighted by Crippen LogP contribution is 2.49. The second-order valence-electron chi connectivity index (χ2n) is 13.6. The largest absolute Gasteiger partial charge is 0.424 e. The van der Waals surface area contributed by atoms with E-state index in [9.17, 15) is 19.6 Å². The van der Waals surface area contributed by atoms with Gasteiger partial charge in [-0.15, -0.1) is 10.2 Å². The summed E-state index contributed by atoms with van der Waals surface area (Å²) in [6.45, 7) is 4.11. The molecular weight excluding hydrogens is 594 g/mol. The van der Waals surface area contributed by atoms with Gasteiger partial charge in [0.1, 0.15) is 11.5 Å². The van der Waals surface area contributed by atoms with Crippen LogP contribution in [0.2, 0.25) is 0 Å². The fraction of sp³-hybridized carbons (Fsp3) is 0.500. The lowest BCUT2D eigenvalue weighted by Crippen LogP contribution is -2.46. The van der Waals surface area contributed by atoms with Crippen molar-refractivity contribution >= 4 is 17.7 Å². The third-order valence-corrected chi connectivity index (χ3v) is 9.99. The zero-order chi connectivity index (χ0) is 33.6. The predicted octanol–water partition coefficient (Wildman–Crippen LogP) is 3.35. The standard InChI is InChI=1S/C36H43N7O4/c1-7-31-39-40-35(47-31)36(18-21(2)38-20-32(44)43-27(19-37)16-26-17-30(26)43)28-12-10-24(33(45)41(3)4)14-22(28)8-9-23-15-25(11-13-29(23)36)34(46)42(5)6/h10-15,21,26-27,30,38H,7-9,16-18,20H2,1-6H3/t21-,26-,27?,30+/m1/s1. The first-order valence-corrected chi connectivity index (χ1v) is 16.5. The number of benzene rings is 2. The van der Waals surface area contributed by atoms with Crippen LogP contribution in [0.4, 0.5) is 0 Å². The van der Waals surface area contributed by atoms with Gasteiger partial charge in [-0.1, -0.05) is 19.1 Å². The maximum absolute atomic E-state index is 13.4. The van der Waals surface area contributed by atoms with E-state index in [0.29, 0.717) is 54.5 Å². The van der Waals surface area contributed by atoms with E-state index in [0.717, 1.165) is 35.1 Å². The minimum absolute atomic E-state index is 0.0612. The number of hydrogen-bond acceptors (Lipinski definition) is 8. The van der Waals surface area contributed by atoms with Crippen LogP contribution in [0.5, 0.6) is 0 Å². The number of nitriles is 1. The van der Waals surface area contributed by atoms with E-state index in [1.54, 1.807) is 42.9 Å². The van der Waals surface area contributed by atoms with Crippen LogP contribution in [-0.4, -0.2) is 95.5 Å². The molecule has 0 spiro atoms. The Morgan fingerprint density at radius 3 is 2.11 bits per heavy atom. The fourth-order valence-corrected chi connectivity index (χ4v) is 7.55. The summed E-state index contributed by atoms with van der Waals surface area (Å²) in [7, 11) is 6.95. The highest BCUT2D eigenvalue weighted by Gasteiger charge is 2.54. The van der Waals surface area contributed by atoms with Crippen LogP contribution in [-0.2, 0) is 29.5 Å². The minimum Gasteiger partial charge on any atom is -0.424 e. The van der Waals surface area contributed by atoms with Gasteiger partial charge in [0.15, 0.2) is 0 Å². The van der Waals surface area contributed by atoms with E-state index in [-0.39, 0.29) is 42.4 Å². The molecule has 47 heavy (non-hydrogen) atoms. The molecular formula is C36H43N7O4. The summed E-state index contributed by atoms with van der Waals surface area (Å²) in [5.74, 6) is 1.15. The van der Waals surface area contributed by atoms with Gasteiger partial charge in [-0.25, -0.2) is 0 Å². The van der Waals surface area contributed by atoms with E-state index in [4.69, 9.17) is 4.42 Å². The van der Waals surface area contributed by atoms with Crippen molar-refractivity contribution in [2.24, 2.45) is 5.92 Å². The molecule has 2 fully saturated rings. The lowest BCUT2D eigenvalue weighted by atomic mass is 9.68. The number of aryl methyl sites for hydroxylation is 3. The highest BCUT2D eigenvalue weighted by molar-refractivity contribution is 5.95. The molecule has 4 atom stereocenters. The summed E-state index contributed by atoms with van der Waals surface area (Å²) in [4.78, 5) is 44.5. The molecule has 3 amide bonds. The smallest absolute Gasteiger partial charge is 0.253 e. The first-order chi connectivity index (χ1) is 22.5. The second-order valence-corrected chi connectivity index (χ2v) is 13.6. The number of rotatable bonds is 9. The van der Waals surface area contributed by atoms with E-state index in [2.05, 4.69) is 21.6 Å². The molecule has 1 aromatic heterocycles. The maximum atomic E-state index is 13.4. The molecule has 2 heterocycles. The number of nitrogens with zero attached hydrogens (tertiary/aromatic N) is 6. The molecule has 2 aromatic carbocycles. The van der Waals surface area contributed by atoms with Crippen molar-refractivity contribution in [1.29, 1.82) is 5.26 Å². The van der Waals surface area contributed by atoms with Crippen LogP contribution in [0, 0.1) is 17.2 Å². The molecule has 1 aliphatic heterocycles. The zero-order valence-electron chi connectivity index (χ0n) is 28.0. The number of hydrogen-bond donors (Lipinski definition) is 1. The van der Waals surface area contributed by atoms with Crippen molar-refractivity contribution in [3.63, 3.8) is 0 Å². The van der Waals surface area contributed by atoms with E-state index in [1.807, 2.05) is 50.2 Å². The summed E-state index contributed by atoms with van der Waals surface area (Å²) in [5, 5.41) is 22.1. The summed E-state index contributed by atoms with van der Waals surface area (Å²) in [6, 6.07) is 13.6. The Kier molecular flexibility index (Phi) is 8.66. The molecule has 0 bridgehead atoms. The Balaban J connectivity index is 1.45. The molecule has 11 nitrogen and oxygen atoms in total. The zero-order valence-corrected chi connectivity index (χ0v) is 28.0. The number of fused-ring (bicyclic) bond motifs is 3. The van der Waals surface area contributed by atoms with Crippen molar-refractivity contribution < 1.29 is 18.8 Å². The number of likely N-dealkylation sites (tertiary alicyclic amines) is 1. The molecule has 1 unspecified atom stereocenters. The summed E-state index contributed by atoms with van der Waals surface area (Å²) in [5.41, 5.74) is 4.12. The molecule has 246 valence electrons.